The van der Waals surface area contributed by atoms with E-state index in [1.807, 2.05) is 6.92 Å². The largest absolute Gasteiger partial charge is 0.465 e. The smallest absolute Gasteiger partial charge is 0.341 e. The third kappa shape index (κ3) is 4.00. The highest BCUT2D eigenvalue weighted by Gasteiger charge is 2.20. The third-order valence-corrected chi connectivity index (χ3v) is 2.64. The molecule has 0 radical (unpaired) electrons. The molecule has 0 bridgehead atoms. The Bertz CT molecular complexity index is 405. The number of hydrogen-bond donors (Lipinski definition) is 2. The van der Waals surface area contributed by atoms with Crippen molar-refractivity contribution in [1.29, 1.82) is 0 Å². The van der Waals surface area contributed by atoms with Crippen LogP contribution in [0.1, 0.15) is 37.0 Å². The number of aliphatic hydroxyl groups is 1. The fraction of sp³-hybridized carbons (Fsp3) is 0.538. The Balaban J connectivity index is 2.76. The van der Waals surface area contributed by atoms with Gasteiger partial charge in [0.15, 0.2) is 0 Å². The molecule has 0 aliphatic heterocycles. The summed E-state index contributed by atoms with van der Waals surface area (Å²) < 4.78 is 4.67. The van der Waals surface area contributed by atoms with Crippen LogP contribution in [0.4, 0.5) is 5.82 Å². The predicted octanol–water partition coefficient (Wildman–Crippen LogP) is 1.83. The number of nitrogens with one attached hydrogen (secondary N) is 1. The van der Waals surface area contributed by atoms with E-state index in [1.54, 1.807) is 25.3 Å². The van der Waals surface area contributed by atoms with Gasteiger partial charge in [0.25, 0.3) is 0 Å². The summed E-state index contributed by atoms with van der Waals surface area (Å²) in [6.45, 7) is 4.10. The van der Waals surface area contributed by atoms with Gasteiger partial charge in [-0.1, -0.05) is 13.3 Å². The number of nitrogens with zero attached hydrogens (tertiary/aromatic N) is 1. The first-order valence-corrected chi connectivity index (χ1v) is 6.00. The van der Waals surface area contributed by atoms with Crippen LogP contribution in [0.3, 0.4) is 0 Å². The number of carbonyl (C=O) groups excluding carboxylic acids is 1. The number of methoxy groups -OCH3 is 1. The van der Waals surface area contributed by atoms with Crippen molar-refractivity contribution in [2.24, 2.45) is 0 Å². The Morgan fingerprint density at radius 2 is 2.33 bits per heavy atom. The normalized spacial score (nSPS) is 13.8. The molecule has 1 heterocycles. The highest BCUT2D eigenvalue weighted by molar-refractivity contribution is 5.94. The number of hydrogen-bond acceptors (Lipinski definition) is 5. The fourth-order valence-corrected chi connectivity index (χ4v) is 1.72. The second-order valence-electron chi connectivity index (χ2n) is 4.49. The molecule has 1 rings (SSSR count). The zero-order chi connectivity index (χ0) is 13.6. The average Bonchev–Trinajstić information content (AvgIpc) is 2.36. The summed E-state index contributed by atoms with van der Waals surface area (Å²) in [5, 5.41) is 13.0. The van der Waals surface area contributed by atoms with Gasteiger partial charge < -0.3 is 15.2 Å². The van der Waals surface area contributed by atoms with Crippen LogP contribution in [-0.4, -0.2) is 35.3 Å². The van der Waals surface area contributed by atoms with E-state index in [2.05, 4.69) is 15.0 Å². The van der Waals surface area contributed by atoms with Crippen molar-refractivity contribution >= 4 is 11.8 Å². The van der Waals surface area contributed by atoms with Gasteiger partial charge in [-0.05, 0) is 25.5 Å². The van der Waals surface area contributed by atoms with Gasteiger partial charge in [0.1, 0.15) is 11.4 Å². The maximum absolute atomic E-state index is 11.5. The first-order chi connectivity index (χ1) is 8.50. The second-order valence-corrected chi connectivity index (χ2v) is 4.49. The summed E-state index contributed by atoms with van der Waals surface area (Å²) in [5.41, 5.74) is -0.452. The van der Waals surface area contributed by atoms with Crippen LogP contribution in [0.15, 0.2) is 18.3 Å². The van der Waals surface area contributed by atoms with Crippen molar-refractivity contribution < 1.29 is 14.6 Å². The number of ether oxygens (including phenoxy) is 1. The van der Waals surface area contributed by atoms with Crippen molar-refractivity contribution in [2.45, 2.75) is 32.3 Å². The van der Waals surface area contributed by atoms with Crippen LogP contribution in [0.2, 0.25) is 0 Å². The van der Waals surface area contributed by atoms with Gasteiger partial charge in [0, 0.05) is 12.7 Å². The van der Waals surface area contributed by atoms with Gasteiger partial charge in [-0.3, -0.25) is 0 Å². The number of anilines is 1. The molecule has 0 saturated heterocycles. The quantitative estimate of drug-likeness (QED) is 0.756. The van der Waals surface area contributed by atoms with E-state index in [0.29, 0.717) is 24.3 Å². The van der Waals surface area contributed by atoms with Crippen molar-refractivity contribution in [1.82, 2.24) is 4.98 Å². The van der Waals surface area contributed by atoms with Gasteiger partial charge >= 0.3 is 5.97 Å². The molecule has 0 spiro atoms. The number of pyridine rings is 1. The molecule has 0 aliphatic rings. The van der Waals surface area contributed by atoms with E-state index >= 15 is 0 Å². The fourth-order valence-electron chi connectivity index (χ4n) is 1.72. The number of rotatable bonds is 6. The van der Waals surface area contributed by atoms with E-state index in [0.717, 1.165) is 6.42 Å². The molecule has 0 fully saturated rings. The maximum atomic E-state index is 11.5. The standard InChI is InChI=1S/C13H20N2O3/c1-4-7-13(2,17)9-15-11-10(12(16)18-3)6-5-8-14-11/h5-6,8,17H,4,7,9H2,1-3H3,(H,14,15). The van der Waals surface area contributed by atoms with Crippen LogP contribution in [0.25, 0.3) is 0 Å². The monoisotopic (exact) mass is 252 g/mol. The van der Waals surface area contributed by atoms with Crippen LogP contribution in [0, 0.1) is 0 Å². The lowest BCUT2D eigenvalue weighted by Crippen LogP contribution is -2.33. The minimum atomic E-state index is -0.820. The first-order valence-electron chi connectivity index (χ1n) is 6.00. The van der Waals surface area contributed by atoms with Gasteiger partial charge in [-0.2, -0.15) is 0 Å². The Hall–Kier alpha value is -1.62. The number of carbonyl (C=O) groups is 1. The Morgan fingerprint density at radius 1 is 1.61 bits per heavy atom. The summed E-state index contributed by atoms with van der Waals surface area (Å²) in [4.78, 5) is 15.6. The first kappa shape index (κ1) is 14.4. The zero-order valence-corrected chi connectivity index (χ0v) is 11.1. The highest BCUT2D eigenvalue weighted by atomic mass is 16.5. The van der Waals surface area contributed by atoms with E-state index < -0.39 is 11.6 Å². The van der Waals surface area contributed by atoms with Gasteiger partial charge in [-0.25, -0.2) is 9.78 Å². The predicted molar refractivity (Wildman–Crippen MR) is 69.6 cm³/mol. The molecule has 5 nitrogen and oxygen atoms in total. The van der Waals surface area contributed by atoms with Crippen LogP contribution < -0.4 is 5.32 Å². The molecule has 1 aromatic rings. The molecule has 18 heavy (non-hydrogen) atoms. The van der Waals surface area contributed by atoms with Crippen molar-refractivity contribution in [3.63, 3.8) is 0 Å². The lowest BCUT2D eigenvalue weighted by atomic mass is 10.0. The molecule has 1 unspecified atom stereocenters. The molecule has 100 valence electrons. The van der Waals surface area contributed by atoms with Gasteiger partial charge in [0.2, 0.25) is 0 Å². The Labute approximate surface area is 107 Å². The van der Waals surface area contributed by atoms with Crippen molar-refractivity contribution in [3.05, 3.63) is 23.9 Å². The van der Waals surface area contributed by atoms with Crippen LogP contribution in [-0.2, 0) is 4.74 Å². The molecule has 0 aliphatic carbocycles. The SMILES string of the molecule is CCCC(C)(O)CNc1ncccc1C(=O)OC. The van der Waals surface area contributed by atoms with E-state index in [4.69, 9.17) is 0 Å². The van der Waals surface area contributed by atoms with Crippen molar-refractivity contribution in [2.75, 3.05) is 19.0 Å². The molecule has 5 heteroatoms. The summed E-state index contributed by atoms with van der Waals surface area (Å²) in [7, 11) is 1.33. The summed E-state index contributed by atoms with van der Waals surface area (Å²) in [5.74, 6) is -0.0125. The van der Waals surface area contributed by atoms with E-state index in [9.17, 15) is 9.90 Å². The minimum absolute atomic E-state index is 0.335. The molecule has 0 saturated carbocycles. The average molecular weight is 252 g/mol. The molecule has 0 amide bonds. The lowest BCUT2D eigenvalue weighted by Gasteiger charge is -2.23. The summed E-state index contributed by atoms with van der Waals surface area (Å²) in [6, 6.07) is 3.30. The highest BCUT2D eigenvalue weighted by Crippen LogP contribution is 2.16. The van der Waals surface area contributed by atoms with E-state index in [-0.39, 0.29) is 0 Å². The molecule has 1 atom stereocenters. The third-order valence-electron chi connectivity index (χ3n) is 2.64. The topological polar surface area (TPSA) is 71.5 Å². The Kier molecular flexibility index (Phi) is 5.09. The Morgan fingerprint density at radius 3 is 2.94 bits per heavy atom. The molecular weight excluding hydrogens is 232 g/mol. The summed E-state index contributed by atoms with van der Waals surface area (Å²) >= 11 is 0. The summed E-state index contributed by atoms with van der Waals surface area (Å²) in [6.07, 6.45) is 3.16. The zero-order valence-electron chi connectivity index (χ0n) is 11.1. The molecular formula is C13H20N2O3. The number of aromatic nitrogens is 1. The second kappa shape index (κ2) is 6.35. The molecule has 0 aromatic carbocycles. The van der Waals surface area contributed by atoms with Crippen molar-refractivity contribution in [3.8, 4) is 0 Å². The molecule has 2 N–H and O–H groups in total. The van der Waals surface area contributed by atoms with Crippen LogP contribution in [0.5, 0.6) is 0 Å². The van der Waals surface area contributed by atoms with E-state index in [1.165, 1.54) is 7.11 Å². The minimum Gasteiger partial charge on any atom is -0.465 e. The number of esters is 1. The lowest BCUT2D eigenvalue weighted by molar-refractivity contribution is 0.0592. The van der Waals surface area contributed by atoms with Gasteiger partial charge in [0.05, 0.1) is 12.7 Å². The van der Waals surface area contributed by atoms with Gasteiger partial charge in [-0.15, -0.1) is 0 Å². The maximum Gasteiger partial charge on any atom is 0.341 e. The van der Waals surface area contributed by atoms with Crippen LogP contribution >= 0.6 is 0 Å². The molecule has 1 aromatic heterocycles.